The summed E-state index contributed by atoms with van der Waals surface area (Å²) in [4.78, 5) is 9.18. The zero-order valence-electron chi connectivity index (χ0n) is 10.9. The molecule has 16 heavy (non-hydrogen) atoms. The monoisotopic (exact) mass is 221 g/mol. The van der Waals surface area contributed by atoms with E-state index in [1.165, 1.54) is 11.3 Å². The molecule has 0 spiro atoms. The fourth-order valence-corrected chi connectivity index (χ4v) is 1.71. The second kappa shape index (κ2) is 6.46. The third kappa shape index (κ3) is 3.19. The lowest BCUT2D eigenvalue weighted by atomic mass is 10.2. The molecule has 0 aliphatic heterocycles. The summed E-state index contributed by atoms with van der Waals surface area (Å²) in [5.41, 5.74) is 2.38. The molecule has 0 fully saturated rings. The van der Waals surface area contributed by atoms with Gasteiger partial charge in [0.15, 0.2) is 0 Å². The molecule has 1 heterocycles. The van der Waals surface area contributed by atoms with E-state index in [2.05, 4.69) is 43.0 Å². The predicted octanol–water partition coefficient (Wildman–Crippen LogP) is 3.12. The van der Waals surface area contributed by atoms with Gasteiger partial charge in [0, 0.05) is 24.2 Å². The molecule has 1 rings (SSSR count). The van der Waals surface area contributed by atoms with Gasteiger partial charge in [-0.1, -0.05) is 20.8 Å². The maximum atomic E-state index is 4.60. The molecule has 0 bridgehead atoms. The van der Waals surface area contributed by atoms with Gasteiger partial charge in [0.1, 0.15) is 11.6 Å². The molecule has 0 amide bonds. The molecule has 1 N–H and O–H groups in total. The van der Waals surface area contributed by atoms with Crippen LogP contribution in [0.15, 0.2) is 0 Å². The SMILES string of the molecule is CCCNc1nc(CCC)nc(CC)c1C. The van der Waals surface area contributed by atoms with E-state index in [1.807, 2.05) is 0 Å². The van der Waals surface area contributed by atoms with Gasteiger partial charge >= 0.3 is 0 Å². The van der Waals surface area contributed by atoms with E-state index >= 15 is 0 Å². The van der Waals surface area contributed by atoms with E-state index < -0.39 is 0 Å². The largest absolute Gasteiger partial charge is 0.370 e. The van der Waals surface area contributed by atoms with Crippen molar-refractivity contribution in [1.82, 2.24) is 9.97 Å². The number of anilines is 1. The summed E-state index contributed by atoms with van der Waals surface area (Å²) in [5, 5.41) is 3.39. The highest BCUT2D eigenvalue weighted by Crippen LogP contribution is 2.16. The summed E-state index contributed by atoms with van der Waals surface area (Å²) in [6.07, 6.45) is 4.16. The minimum atomic E-state index is 0.966. The van der Waals surface area contributed by atoms with Gasteiger partial charge in [-0.05, 0) is 26.2 Å². The van der Waals surface area contributed by atoms with E-state index in [-0.39, 0.29) is 0 Å². The highest BCUT2D eigenvalue weighted by atomic mass is 15.0. The van der Waals surface area contributed by atoms with E-state index in [1.54, 1.807) is 0 Å². The minimum absolute atomic E-state index is 0.966. The van der Waals surface area contributed by atoms with Gasteiger partial charge in [0.25, 0.3) is 0 Å². The summed E-state index contributed by atoms with van der Waals surface area (Å²) >= 11 is 0. The summed E-state index contributed by atoms with van der Waals surface area (Å²) in [6, 6.07) is 0. The summed E-state index contributed by atoms with van der Waals surface area (Å²) < 4.78 is 0. The summed E-state index contributed by atoms with van der Waals surface area (Å²) in [6.45, 7) is 9.55. The van der Waals surface area contributed by atoms with E-state index in [4.69, 9.17) is 0 Å². The molecule has 0 unspecified atom stereocenters. The van der Waals surface area contributed by atoms with Crippen molar-refractivity contribution in [1.29, 1.82) is 0 Å². The van der Waals surface area contributed by atoms with Crippen LogP contribution < -0.4 is 5.32 Å². The van der Waals surface area contributed by atoms with Crippen molar-refractivity contribution >= 4 is 5.82 Å². The van der Waals surface area contributed by atoms with Crippen LogP contribution >= 0.6 is 0 Å². The minimum Gasteiger partial charge on any atom is -0.370 e. The molecular weight excluding hydrogens is 198 g/mol. The number of hydrogen-bond acceptors (Lipinski definition) is 3. The molecule has 3 nitrogen and oxygen atoms in total. The molecule has 0 aromatic carbocycles. The lowest BCUT2D eigenvalue weighted by Crippen LogP contribution is -2.10. The van der Waals surface area contributed by atoms with Gasteiger partial charge < -0.3 is 5.32 Å². The van der Waals surface area contributed by atoms with Crippen LogP contribution in [-0.2, 0) is 12.8 Å². The van der Waals surface area contributed by atoms with E-state index in [0.29, 0.717) is 0 Å². The van der Waals surface area contributed by atoms with Gasteiger partial charge in [-0.3, -0.25) is 0 Å². The fraction of sp³-hybridized carbons (Fsp3) is 0.692. The molecule has 0 radical (unpaired) electrons. The molecule has 3 heteroatoms. The molecule has 0 aliphatic carbocycles. The Balaban J connectivity index is 2.98. The van der Waals surface area contributed by atoms with Crippen LogP contribution in [0, 0.1) is 6.92 Å². The van der Waals surface area contributed by atoms with Crippen LogP contribution in [-0.4, -0.2) is 16.5 Å². The van der Waals surface area contributed by atoms with Crippen LogP contribution in [0.4, 0.5) is 5.82 Å². The van der Waals surface area contributed by atoms with Crippen molar-refractivity contribution in [3.8, 4) is 0 Å². The Hall–Kier alpha value is -1.12. The van der Waals surface area contributed by atoms with Crippen LogP contribution in [0.2, 0.25) is 0 Å². The second-order valence-electron chi connectivity index (χ2n) is 4.09. The Morgan fingerprint density at radius 1 is 1.06 bits per heavy atom. The molecule has 0 atom stereocenters. The first-order valence-electron chi connectivity index (χ1n) is 6.33. The van der Waals surface area contributed by atoms with Crippen LogP contribution in [0.3, 0.4) is 0 Å². The molecule has 0 saturated carbocycles. The quantitative estimate of drug-likeness (QED) is 0.802. The zero-order chi connectivity index (χ0) is 12.0. The van der Waals surface area contributed by atoms with Gasteiger partial charge in [-0.15, -0.1) is 0 Å². The van der Waals surface area contributed by atoms with Crippen LogP contribution in [0.5, 0.6) is 0 Å². The zero-order valence-corrected chi connectivity index (χ0v) is 10.9. The Kier molecular flexibility index (Phi) is 5.23. The number of aryl methyl sites for hydroxylation is 2. The standard InChI is InChI=1S/C13H23N3/c1-5-8-12-15-11(7-3)10(4)13(16-12)14-9-6-2/h5-9H2,1-4H3,(H,14,15,16). The smallest absolute Gasteiger partial charge is 0.132 e. The third-order valence-corrected chi connectivity index (χ3v) is 2.64. The van der Waals surface area contributed by atoms with Gasteiger partial charge in [-0.25, -0.2) is 9.97 Å². The highest BCUT2D eigenvalue weighted by Gasteiger charge is 2.08. The highest BCUT2D eigenvalue weighted by molar-refractivity contribution is 5.45. The van der Waals surface area contributed by atoms with Crippen LogP contribution in [0.1, 0.15) is 50.7 Å². The number of nitrogens with zero attached hydrogens (tertiary/aromatic N) is 2. The van der Waals surface area contributed by atoms with Crippen molar-refractivity contribution in [2.24, 2.45) is 0 Å². The lowest BCUT2D eigenvalue weighted by molar-refractivity contribution is 0.804. The van der Waals surface area contributed by atoms with E-state index in [0.717, 1.165) is 43.9 Å². The van der Waals surface area contributed by atoms with Crippen molar-refractivity contribution in [3.05, 3.63) is 17.1 Å². The third-order valence-electron chi connectivity index (χ3n) is 2.64. The topological polar surface area (TPSA) is 37.8 Å². The van der Waals surface area contributed by atoms with Crippen molar-refractivity contribution < 1.29 is 0 Å². The number of nitrogens with one attached hydrogen (secondary N) is 1. The van der Waals surface area contributed by atoms with Crippen molar-refractivity contribution in [2.45, 2.75) is 53.4 Å². The van der Waals surface area contributed by atoms with Gasteiger partial charge in [0.05, 0.1) is 0 Å². The van der Waals surface area contributed by atoms with E-state index in [9.17, 15) is 0 Å². The fourth-order valence-electron chi connectivity index (χ4n) is 1.71. The Labute approximate surface area is 98.7 Å². The summed E-state index contributed by atoms with van der Waals surface area (Å²) in [7, 11) is 0. The average molecular weight is 221 g/mol. The Morgan fingerprint density at radius 3 is 2.38 bits per heavy atom. The first kappa shape index (κ1) is 12.9. The molecular formula is C13H23N3. The van der Waals surface area contributed by atoms with Crippen molar-refractivity contribution in [2.75, 3.05) is 11.9 Å². The number of aromatic nitrogens is 2. The first-order valence-corrected chi connectivity index (χ1v) is 6.33. The normalized spacial score (nSPS) is 10.5. The average Bonchev–Trinajstić information content (AvgIpc) is 2.29. The number of rotatable bonds is 6. The predicted molar refractivity (Wildman–Crippen MR) is 68.9 cm³/mol. The molecule has 1 aromatic heterocycles. The maximum absolute atomic E-state index is 4.60. The number of hydrogen-bond donors (Lipinski definition) is 1. The maximum Gasteiger partial charge on any atom is 0.132 e. The van der Waals surface area contributed by atoms with Gasteiger partial charge in [0.2, 0.25) is 0 Å². The van der Waals surface area contributed by atoms with Gasteiger partial charge in [-0.2, -0.15) is 0 Å². The van der Waals surface area contributed by atoms with Crippen molar-refractivity contribution in [3.63, 3.8) is 0 Å². The Morgan fingerprint density at radius 2 is 1.81 bits per heavy atom. The molecule has 90 valence electrons. The second-order valence-corrected chi connectivity index (χ2v) is 4.09. The molecule has 0 saturated heterocycles. The lowest BCUT2D eigenvalue weighted by Gasteiger charge is -2.12. The first-order chi connectivity index (χ1) is 7.72. The van der Waals surface area contributed by atoms with Crippen LogP contribution in [0.25, 0.3) is 0 Å². The Bertz CT molecular complexity index is 334. The molecule has 0 aliphatic rings. The molecule has 1 aromatic rings. The summed E-state index contributed by atoms with van der Waals surface area (Å²) in [5.74, 6) is 2.00.